The van der Waals surface area contributed by atoms with Gasteiger partial charge >= 0.3 is 5.97 Å². The van der Waals surface area contributed by atoms with E-state index in [0.29, 0.717) is 6.42 Å². The molecule has 0 aliphatic carbocycles. The van der Waals surface area contributed by atoms with Crippen molar-refractivity contribution in [2.24, 2.45) is 10.7 Å². The number of carbonyl (C=O) groups excluding carboxylic acids is 1. The Hall–Kier alpha value is -2.72. The van der Waals surface area contributed by atoms with Gasteiger partial charge in [0, 0.05) is 24.4 Å². The van der Waals surface area contributed by atoms with Gasteiger partial charge in [-0.1, -0.05) is 54.6 Å². The molecule has 0 saturated heterocycles. The van der Waals surface area contributed by atoms with Gasteiger partial charge < -0.3 is 10.5 Å². The Morgan fingerprint density at radius 3 is 2.52 bits per heavy atom. The number of allylic oxidation sites excluding steroid dienone is 1. The Labute approximate surface area is 148 Å². The van der Waals surface area contributed by atoms with Crippen LogP contribution in [0.2, 0.25) is 0 Å². The maximum Gasteiger partial charge on any atom is 0.309 e. The fourth-order valence-electron chi connectivity index (χ4n) is 2.91. The number of nitrogens with two attached hydrogens (primary N) is 1. The first kappa shape index (κ1) is 17.1. The Kier molecular flexibility index (Phi) is 5.41. The summed E-state index contributed by atoms with van der Waals surface area (Å²) >= 11 is 0. The third-order valence-corrected chi connectivity index (χ3v) is 4.39. The molecule has 1 aliphatic rings. The fourth-order valence-corrected chi connectivity index (χ4v) is 2.91. The zero-order chi connectivity index (χ0) is 17.6. The molecule has 0 radical (unpaired) electrons. The Morgan fingerprint density at radius 1 is 1.12 bits per heavy atom. The standard InChI is InChI=1S/C21H22N2O2/c1-25-21(24)12-16-7-9-17(10-8-16)18-13-20(23-14-18)19(22)11-15-5-3-2-4-6-15/h2-10,14,19H,11-13,22H2,1H3/t19-/m0/s1. The van der Waals surface area contributed by atoms with Crippen LogP contribution in [0.1, 0.15) is 23.1 Å². The minimum absolute atomic E-state index is 0.0743. The summed E-state index contributed by atoms with van der Waals surface area (Å²) in [6.45, 7) is 0. The molecule has 1 aliphatic heterocycles. The Balaban J connectivity index is 1.59. The van der Waals surface area contributed by atoms with Crippen LogP contribution in [0.25, 0.3) is 5.57 Å². The Morgan fingerprint density at radius 2 is 1.84 bits per heavy atom. The molecule has 2 aromatic carbocycles. The number of methoxy groups -OCH3 is 1. The smallest absolute Gasteiger partial charge is 0.309 e. The summed E-state index contributed by atoms with van der Waals surface area (Å²) < 4.78 is 4.69. The summed E-state index contributed by atoms with van der Waals surface area (Å²) in [6.07, 6.45) is 3.75. The molecule has 0 fully saturated rings. The lowest BCUT2D eigenvalue weighted by molar-refractivity contribution is -0.139. The third-order valence-electron chi connectivity index (χ3n) is 4.39. The van der Waals surface area contributed by atoms with Gasteiger partial charge in [-0.05, 0) is 28.7 Å². The minimum atomic E-state index is -0.231. The molecule has 4 heteroatoms. The van der Waals surface area contributed by atoms with Crippen molar-refractivity contribution in [2.45, 2.75) is 25.3 Å². The first-order chi connectivity index (χ1) is 12.2. The number of hydrogen-bond acceptors (Lipinski definition) is 4. The van der Waals surface area contributed by atoms with Crippen LogP contribution in [-0.2, 0) is 22.4 Å². The molecule has 0 saturated carbocycles. The van der Waals surface area contributed by atoms with E-state index in [2.05, 4.69) is 17.1 Å². The number of esters is 1. The molecule has 0 aromatic heterocycles. The molecule has 128 valence electrons. The largest absolute Gasteiger partial charge is 0.469 e. The van der Waals surface area contributed by atoms with E-state index in [1.807, 2.05) is 48.7 Å². The van der Waals surface area contributed by atoms with Crippen molar-refractivity contribution in [3.8, 4) is 0 Å². The average Bonchev–Trinajstić information content (AvgIpc) is 3.13. The van der Waals surface area contributed by atoms with E-state index >= 15 is 0 Å². The van der Waals surface area contributed by atoms with Crippen LogP contribution < -0.4 is 5.73 Å². The van der Waals surface area contributed by atoms with Gasteiger partial charge in [-0.2, -0.15) is 0 Å². The molecule has 2 N–H and O–H groups in total. The number of aliphatic imine (C=N–C) groups is 1. The van der Waals surface area contributed by atoms with Crippen LogP contribution in [0.15, 0.2) is 65.8 Å². The number of hydrogen-bond donors (Lipinski definition) is 1. The van der Waals surface area contributed by atoms with Crippen molar-refractivity contribution in [3.63, 3.8) is 0 Å². The lowest BCUT2D eigenvalue weighted by Gasteiger charge is -2.13. The SMILES string of the molecule is COC(=O)Cc1ccc(C2=CN=C([C@@H](N)Cc3ccccc3)C2)cc1. The van der Waals surface area contributed by atoms with Crippen molar-refractivity contribution in [1.29, 1.82) is 0 Å². The fraction of sp³-hybridized carbons (Fsp3) is 0.238. The Bertz CT molecular complexity index is 792. The first-order valence-electron chi connectivity index (χ1n) is 8.37. The zero-order valence-electron chi connectivity index (χ0n) is 14.3. The topological polar surface area (TPSA) is 64.7 Å². The normalized spacial score (nSPS) is 14.6. The van der Waals surface area contributed by atoms with Crippen molar-refractivity contribution < 1.29 is 9.53 Å². The van der Waals surface area contributed by atoms with Gasteiger partial charge in [-0.25, -0.2) is 0 Å². The summed E-state index contributed by atoms with van der Waals surface area (Å²) in [5.74, 6) is -0.231. The molecule has 0 amide bonds. The monoisotopic (exact) mass is 334 g/mol. The number of rotatable bonds is 6. The van der Waals surface area contributed by atoms with Gasteiger partial charge in [0.25, 0.3) is 0 Å². The van der Waals surface area contributed by atoms with Crippen LogP contribution >= 0.6 is 0 Å². The van der Waals surface area contributed by atoms with Crippen LogP contribution in [0, 0.1) is 0 Å². The summed E-state index contributed by atoms with van der Waals surface area (Å²) in [6, 6.07) is 18.1. The van der Waals surface area contributed by atoms with E-state index in [-0.39, 0.29) is 12.0 Å². The van der Waals surface area contributed by atoms with Crippen molar-refractivity contribution >= 4 is 17.3 Å². The van der Waals surface area contributed by atoms with E-state index in [1.165, 1.54) is 12.7 Å². The second-order valence-corrected chi connectivity index (χ2v) is 6.20. The predicted molar refractivity (Wildman–Crippen MR) is 100 cm³/mol. The van der Waals surface area contributed by atoms with Gasteiger partial charge in [0.15, 0.2) is 0 Å². The highest BCUT2D eigenvalue weighted by molar-refractivity contribution is 6.01. The summed E-state index contributed by atoms with van der Waals surface area (Å²) in [7, 11) is 1.40. The summed E-state index contributed by atoms with van der Waals surface area (Å²) in [5, 5.41) is 0. The number of ether oxygens (including phenoxy) is 1. The van der Waals surface area contributed by atoms with Gasteiger partial charge in [-0.3, -0.25) is 9.79 Å². The molecule has 25 heavy (non-hydrogen) atoms. The lowest BCUT2D eigenvalue weighted by atomic mass is 9.96. The highest BCUT2D eigenvalue weighted by Gasteiger charge is 2.18. The van der Waals surface area contributed by atoms with Gasteiger partial charge in [0.05, 0.1) is 13.5 Å². The molecule has 0 unspecified atom stereocenters. The van der Waals surface area contributed by atoms with Crippen LogP contribution in [-0.4, -0.2) is 24.8 Å². The number of benzene rings is 2. The summed E-state index contributed by atoms with van der Waals surface area (Å²) in [5.41, 5.74) is 11.8. The van der Waals surface area contributed by atoms with Crippen molar-refractivity contribution in [3.05, 3.63) is 77.5 Å². The van der Waals surface area contributed by atoms with Crippen LogP contribution in [0.5, 0.6) is 0 Å². The van der Waals surface area contributed by atoms with Crippen molar-refractivity contribution in [2.75, 3.05) is 7.11 Å². The molecular weight excluding hydrogens is 312 g/mol. The van der Waals surface area contributed by atoms with E-state index in [4.69, 9.17) is 10.5 Å². The molecule has 3 rings (SSSR count). The summed E-state index contributed by atoms with van der Waals surface area (Å²) in [4.78, 5) is 15.9. The lowest BCUT2D eigenvalue weighted by Crippen LogP contribution is -2.31. The van der Waals surface area contributed by atoms with E-state index in [0.717, 1.165) is 35.3 Å². The quantitative estimate of drug-likeness (QED) is 0.825. The number of carbonyl (C=O) groups is 1. The third kappa shape index (κ3) is 4.43. The average molecular weight is 334 g/mol. The van der Waals surface area contributed by atoms with E-state index < -0.39 is 0 Å². The predicted octanol–water partition coefficient (Wildman–Crippen LogP) is 3.16. The van der Waals surface area contributed by atoms with Crippen LogP contribution in [0.3, 0.4) is 0 Å². The molecule has 1 heterocycles. The molecular formula is C21H22N2O2. The van der Waals surface area contributed by atoms with Crippen LogP contribution in [0.4, 0.5) is 0 Å². The molecule has 2 aromatic rings. The maximum absolute atomic E-state index is 11.3. The first-order valence-corrected chi connectivity index (χ1v) is 8.37. The second kappa shape index (κ2) is 7.90. The van der Waals surface area contributed by atoms with Crippen molar-refractivity contribution in [1.82, 2.24) is 0 Å². The van der Waals surface area contributed by atoms with E-state index in [9.17, 15) is 4.79 Å². The van der Waals surface area contributed by atoms with Gasteiger partial charge in [0.1, 0.15) is 0 Å². The second-order valence-electron chi connectivity index (χ2n) is 6.20. The molecule has 0 spiro atoms. The number of nitrogens with zero attached hydrogens (tertiary/aromatic N) is 1. The highest BCUT2D eigenvalue weighted by Crippen LogP contribution is 2.25. The molecule has 4 nitrogen and oxygen atoms in total. The molecule has 1 atom stereocenters. The highest BCUT2D eigenvalue weighted by atomic mass is 16.5. The van der Waals surface area contributed by atoms with E-state index in [1.54, 1.807) is 0 Å². The minimum Gasteiger partial charge on any atom is -0.469 e. The maximum atomic E-state index is 11.3. The van der Waals surface area contributed by atoms with Gasteiger partial charge in [0.2, 0.25) is 0 Å². The zero-order valence-corrected chi connectivity index (χ0v) is 14.3. The van der Waals surface area contributed by atoms with Gasteiger partial charge in [-0.15, -0.1) is 0 Å². The molecule has 0 bridgehead atoms.